The van der Waals surface area contributed by atoms with Crippen molar-refractivity contribution in [3.8, 4) is 11.3 Å². The SMILES string of the molecule is Nc1nc(-c2cc(F)cc3ncoc23)cs1. The Morgan fingerprint density at radius 2 is 2.25 bits per heavy atom. The first kappa shape index (κ1) is 9.29. The van der Waals surface area contributed by atoms with Crippen LogP contribution >= 0.6 is 11.3 Å². The van der Waals surface area contributed by atoms with Gasteiger partial charge in [0.25, 0.3) is 0 Å². The lowest BCUT2D eigenvalue weighted by Crippen LogP contribution is -1.85. The van der Waals surface area contributed by atoms with E-state index in [1.165, 1.54) is 29.9 Å². The molecule has 0 fully saturated rings. The molecular weight excluding hydrogens is 229 g/mol. The first-order chi connectivity index (χ1) is 7.74. The van der Waals surface area contributed by atoms with Gasteiger partial charge in [-0.3, -0.25) is 0 Å². The molecule has 4 nitrogen and oxygen atoms in total. The normalized spacial score (nSPS) is 11.1. The number of hydrogen-bond donors (Lipinski definition) is 1. The molecule has 0 radical (unpaired) electrons. The minimum Gasteiger partial charge on any atom is -0.443 e. The van der Waals surface area contributed by atoms with Crippen LogP contribution in [-0.4, -0.2) is 9.97 Å². The molecular formula is C10H6FN3OS. The van der Waals surface area contributed by atoms with E-state index in [4.69, 9.17) is 10.2 Å². The molecule has 2 heterocycles. The molecule has 3 aromatic rings. The van der Waals surface area contributed by atoms with Gasteiger partial charge in [-0.2, -0.15) is 0 Å². The Morgan fingerprint density at radius 3 is 3.00 bits per heavy atom. The second-order valence-electron chi connectivity index (χ2n) is 3.22. The van der Waals surface area contributed by atoms with Crippen molar-refractivity contribution in [2.75, 3.05) is 5.73 Å². The van der Waals surface area contributed by atoms with Gasteiger partial charge in [0, 0.05) is 17.0 Å². The Hall–Kier alpha value is -1.95. The number of rotatable bonds is 1. The topological polar surface area (TPSA) is 64.9 Å². The van der Waals surface area contributed by atoms with Gasteiger partial charge in [-0.1, -0.05) is 0 Å². The molecule has 0 saturated carbocycles. The van der Waals surface area contributed by atoms with Crippen LogP contribution < -0.4 is 5.73 Å². The number of halogens is 1. The molecule has 0 atom stereocenters. The van der Waals surface area contributed by atoms with Gasteiger partial charge in [0.15, 0.2) is 17.1 Å². The molecule has 2 aromatic heterocycles. The molecule has 16 heavy (non-hydrogen) atoms. The number of anilines is 1. The summed E-state index contributed by atoms with van der Waals surface area (Å²) in [5.74, 6) is -0.372. The second kappa shape index (κ2) is 3.28. The van der Waals surface area contributed by atoms with Crippen LogP contribution in [0.5, 0.6) is 0 Å². The van der Waals surface area contributed by atoms with Gasteiger partial charge in [0.1, 0.15) is 11.3 Å². The first-order valence-electron chi connectivity index (χ1n) is 4.48. The highest BCUT2D eigenvalue weighted by atomic mass is 32.1. The summed E-state index contributed by atoms with van der Waals surface area (Å²) in [6.07, 6.45) is 1.28. The largest absolute Gasteiger partial charge is 0.443 e. The molecule has 0 bridgehead atoms. The average molecular weight is 235 g/mol. The van der Waals surface area contributed by atoms with Crippen LogP contribution in [0.1, 0.15) is 0 Å². The van der Waals surface area contributed by atoms with Gasteiger partial charge < -0.3 is 10.2 Å². The smallest absolute Gasteiger partial charge is 0.182 e. The number of thiazole rings is 1. The van der Waals surface area contributed by atoms with Crippen LogP contribution in [0.15, 0.2) is 28.3 Å². The van der Waals surface area contributed by atoms with E-state index in [1.54, 1.807) is 5.38 Å². The fourth-order valence-electron chi connectivity index (χ4n) is 1.54. The average Bonchev–Trinajstić information content (AvgIpc) is 2.84. The first-order valence-corrected chi connectivity index (χ1v) is 5.36. The van der Waals surface area contributed by atoms with E-state index in [2.05, 4.69) is 9.97 Å². The number of fused-ring (bicyclic) bond motifs is 1. The van der Waals surface area contributed by atoms with E-state index in [0.717, 1.165) is 0 Å². The minimum absolute atomic E-state index is 0.372. The summed E-state index contributed by atoms with van der Waals surface area (Å²) in [4.78, 5) is 8.00. The van der Waals surface area contributed by atoms with Crippen LogP contribution in [0.3, 0.4) is 0 Å². The lowest BCUT2D eigenvalue weighted by atomic mass is 10.1. The maximum Gasteiger partial charge on any atom is 0.182 e. The zero-order valence-corrected chi connectivity index (χ0v) is 8.79. The maximum atomic E-state index is 13.3. The molecule has 0 unspecified atom stereocenters. The Balaban J connectivity index is 2.33. The van der Waals surface area contributed by atoms with Crippen molar-refractivity contribution in [1.29, 1.82) is 0 Å². The zero-order chi connectivity index (χ0) is 11.1. The van der Waals surface area contributed by atoms with Gasteiger partial charge >= 0.3 is 0 Å². The molecule has 0 aliphatic heterocycles. The van der Waals surface area contributed by atoms with Crippen molar-refractivity contribution in [1.82, 2.24) is 9.97 Å². The van der Waals surface area contributed by atoms with Crippen molar-refractivity contribution in [3.63, 3.8) is 0 Å². The summed E-state index contributed by atoms with van der Waals surface area (Å²) >= 11 is 1.30. The molecule has 0 saturated heterocycles. The predicted octanol–water partition coefficient (Wildman–Crippen LogP) is 2.67. The molecule has 0 aliphatic carbocycles. The summed E-state index contributed by atoms with van der Waals surface area (Å²) in [5, 5.41) is 2.19. The van der Waals surface area contributed by atoms with Crippen molar-refractivity contribution in [2.24, 2.45) is 0 Å². The second-order valence-corrected chi connectivity index (χ2v) is 4.11. The molecule has 6 heteroatoms. The van der Waals surface area contributed by atoms with Crippen molar-refractivity contribution < 1.29 is 8.81 Å². The summed E-state index contributed by atoms with van der Waals surface area (Å²) in [6, 6.07) is 2.68. The number of nitrogen functional groups attached to an aromatic ring is 1. The highest BCUT2D eigenvalue weighted by Crippen LogP contribution is 2.30. The van der Waals surface area contributed by atoms with Gasteiger partial charge in [0.05, 0.1) is 5.69 Å². The molecule has 3 rings (SSSR count). The lowest BCUT2D eigenvalue weighted by Gasteiger charge is -1.97. The Labute approximate surface area is 93.5 Å². The van der Waals surface area contributed by atoms with Gasteiger partial charge in [-0.25, -0.2) is 14.4 Å². The van der Waals surface area contributed by atoms with Gasteiger partial charge in [0.2, 0.25) is 0 Å². The van der Waals surface area contributed by atoms with Crippen LogP contribution in [0.4, 0.5) is 9.52 Å². The van der Waals surface area contributed by atoms with Gasteiger partial charge in [-0.15, -0.1) is 11.3 Å². The summed E-state index contributed by atoms with van der Waals surface area (Å²) in [7, 11) is 0. The van der Waals surface area contributed by atoms with Crippen LogP contribution in [0, 0.1) is 5.82 Å². The summed E-state index contributed by atoms with van der Waals surface area (Å²) in [5.41, 5.74) is 7.71. The molecule has 0 spiro atoms. The van der Waals surface area contributed by atoms with Crippen LogP contribution in [0.25, 0.3) is 22.4 Å². The third kappa shape index (κ3) is 1.35. The van der Waals surface area contributed by atoms with Crippen molar-refractivity contribution in [2.45, 2.75) is 0 Å². The standard InChI is InChI=1S/C10H6FN3OS/c11-5-1-6(8-3-16-10(12)14-8)9-7(2-5)13-4-15-9/h1-4H,(H2,12,14). The Morgan fingerprint density at radius 1 is 1.38 bits per heavy atom. The molecule has 0 amide bonds. The van der Waals surface area contributed by atoms with E-state index in [9.17, 15) is 4.39 Å². The number of hydrogen-bond acceptors (Lipinski definition) is 5. The van der Waals surface area contributed by atoms with E-state index >= 15 is 0 Å². The van der Waals surface area contributed by atoms with Crippen molar-refractivity contribution >= 4 is 27.6 Å². The van der Waals surface area contributed by atoms with E-state index in [0.29, 0.717) is 27.5 Å². The number of benzene rings is 1. The maximum absolute atomic E-state index is 13.3. The van der Waals surface area contributed by atoms with Crippen LogP contribution in [-0.2, 0) is 0 Å². The fraction of sp³-hybridized carbons (Fsp3) is 0. The quantitative estimate of drug-likeness (QED) is 0.704. The Bertz CT molecular complexity index is 661. The number of nitrogens with zero attached hydrogens (tertiary/aromatic N) is 2. The monoisotopic (exact) mass is 235 g/mol. The summed E-state index contributed by atoms with van der Waals surface area (Å²) < 4.78 is 18.5. The highest BCUT2D eigenvalue weighted by molar-refractivity contribution is 7.13. The highest BCUT2D eigenvalue weighted by Gasteiger charge is 2.12. The number of aromatic nitrogens is 2. The zero-order valence-electron chi connectivity index (χ0n) is 7.98. The molecule has 80 valence electrons. The third-order valence-electron chi connectivity index (χ3n) is 2.19. The molecule has 0 aliphatic rings. The fourth-order valence-corrected chi connectivity index (χ4v) is 2.10. The minimum atomic E-state index is -0.372. The van der Waals surface area contributed by atoms with Crippen molar-refractivity contribution in [3.05, 3.63) is 29.7 Å². The van der Waals surface area contributed by atoms with Crippen LogP contribution in [0.2, 0.25) is 0 Å². The number of oxazole rings is 1. The van der Waals surface area contributed by atoms with E-state index in [-0.39, 0.29) is 5.82 Å². The Kier molecular flexibility index (Phi) is 1.90. The van der Waals surface area contributed by atoms with E-state index in [1.807, 2.05) is 0 Å². The number of nitrogens with two attached hydrogens (primary N) is 1. The summed E-state index contributed by atoms with van der Waals surface area (Å²) in [6.45, 7) is 0. The molecule has 2 N–H and O–H groups in total. The molecule has 1 aromatic carbocycles. The van der Waals surface area contributed by atoms with E-state index < -0.39 is 0 Å². The predicted molar refractivity (Wildman–Crippen MR) is 59.5 cm³/mol. The van der Waals surface area contributed by atoms with Gasteiger partial charge in [-0.05, 0) is 6.07 Å². The third-order valence-corrected chi connectivity index (χ3v) is 2.87. The lowest BCUT2D eigenvalue weighted by molar-refractivity contribution is 0.600.